The zero-order valence-corrected chi connectivity index (χ0v) is 12.1. The van der Waals surface area contributed by atoms with E-state index in [0.717, 1.165) is 38.5 Å². The van der Waals surface area contributed by atoms with Crippen molar-refractivity contribution >= 4 is 5.91 Å². The van der Waals surface area contributed by atoms with E-state index in [0.29, 0.717) is 6.04 Å². The summed E-state index contributed by atoms with van der Waals surface area (Å²) in [5.41, 5.74) is 2.80. The van der Waals surface area contributed by atoms with Gasteiger partial charge in [0, 0.05) is 12.0 Å². The van der Waals surface area contributed by atoms with Crippen LogP contribution in [0.3, 0.4) is 0 Å². The highest BCUT2D eigenvalue weighted by molar-refractivity contribution is 5.79. The van der Waals surface area contributed by atoms with E-state index in [9.17, 15) is 4.79 Å². The first-order valence-electron chi connectivity index (χ1n) is 7.61. The molecule has 19 heavy (non-hydrogen) atoms. The third kappa shape index (κ3) is 3.59. The molecule has 2 rings (SSSR count). The van der Waals surface area contributed by atoms with Crippen molar-refractivity contribution in [3.05, 3.63) is 35.4 Å². The Labute approximate surface area is 116 Å². The summed E-state index contributed by atoms with van der Waals surface area (Å²) < 4.78 is 0. The van der Waals surface area contributed by atoms with E-state index in [1.165, 1.54) is 11.1 Å². The monoisotopic (exact) mass is 259 g/mol. The number of carbonyl (C=O) groups is 1. The number of amides is 1. The second-order valence-electron chi connectivity index (χ2n) is 5.66. The van der Waals surface area contributed by atoms with Crippen LogP contribution in [0.1, 0.15) is 50.7 Å². The van der Waals surface area contributed by atoms with Gasteiger partial charge in [0.25, 0.3) is 0 Å². The van der Waals surface area contributed by atoms with E-state index in [4.69, 9.17) is 0 Å². The fraction of sp³-hybridized carbons (Fsp3) is 0.588. The van der Waals surface area contributed by atoms with Crippen molar-refractivity contribution in [1.82, 2.24) is 5.32 Å². The third-order valence-corrected chi connectivity index (χ3v) is 4.04. The summed E-state index contributed by atoms with van der Waals surface area (Å²) in [7, 11) is 0. The van der Waals surface area contributed by atoms with Gasteiger partial charge in [-0.3, -0.25) is 4.79 Å². The molecule has 1 amide bonds. The minimum Gasteiger partial charge on any atom is -0.352 e. The Balaban J connectivity index is 1.90. The van der Waals surface area contributed by atoms with Crippen molar-refractivity contribution in [3.8, 4) is 0 Å². The van der Waals surface area contributed by atoms with Crippen molar-refractivity contribution < 1.29 is 4.79 Å². The molecule has 0 atom stereocenters. The molecule has 2 nitrogen and oxygen atoms in total. The zero-order chi connectivity index (χ0) is 13.7. The molecular formula is C17H25NO. The predicted molar refractivity (Wildman–Crippen MR) is 79.1 cm³/mol. The molecule has 1 aliphatic rings. The van der Waals surface area contributed by atoms with Crippen LogP contribution in [-0.4, -0.2) is 11.9 Å². The van der Waals surface area contributed by atoms with E-state index in [1.54, 1.807) is 0 Å². The molecular weight excluding hydrogens is 234 g/mol. The van der Waals surface area contributed by atoms with Gasteiger partial charge in [0.2, 0.25) is 5.91 Å². The van der Waals surface area contributed by atoms with Gasteiger partial charge in [0.1, 0.15) is 0 Å². The first kappa shape index (κ1) is 14.1. The molecule has 0 unspecified atom stereocenters. The number of hydrogen-bond acceptors (Lipinski definition) is 1. The molecule has 0 radical (unpaired) electrons. The van der Waals surface area contributed by atoms with Crippen LogP contribution in [0.25, 0.3) is 0 Å². The summed E-state index contributed by atoms with van der Waals surface area (Å²) >= 11 is 0. The highest BCUT2D eigenvalue weighted by Gasteiger charge is 2.25. The van der Waals surface area contributed by atoms with Crippen LogP contribution in [0.2, 0.25) is 0 Å². The molecule has 0 fully saturated rings. The Morgan fingerprint density at radius 3 is 2.16 bits per heavy atom. The Morgan fingerprint density at radius 1 is 1.16 bits per heavy atom. The van der Waals surface area contributed by atoms with Crippen LogP contribution in [0.4, 0.5) is 0 Å². The van der Waals surface area contributed by atoms with Crippen molar-refractivity contribution in [3.63, 3.8) is 0 Å². The summed E-state index contributed by atoms with van der Waals surface area (Å²) in [6.45, 7) is 4.31. The summed E-state index contributed by atoms with van der Waals surface area (Å²) in [6.07, 6.45) is 6.18. The van der Waals surface area contributed by atoms with Crippen LogP contribution in [0.5, 0.6) is 0 Å². The minimum atomic E-state index is 0.207. The van der Waals surface area contributed by atoms with Gasteiger partial charge in [-0.2, -0.15) is 0 Å². The number of carbonyl (C=O) groups excluding carboxylic acids is 1. The lowest BCUT2D eigenvalue weighted by molar-refractivity contribution is -0.126. The maximum atomic E-state index is 12.3. The molecule has 104 valence electrons. The molecule has 0 saturated heterocycles. The lowest BCUT2D eigenvalue weighted by Crippen LogP contribution is -2.39. The molecule has 2 heteroatoms. The van der Waals surface area contributed by atoms with Crippen LogP contribution in [-0.2, 0) is 17.6 Å². The van der Waals surface area contributed by atoms with Gasteiger partial charge in [-0.25, -0.2) is 0 Å². The number of rotatable bonds is 6. The molecule has 1 aromatic rings. The number of hydrogen-bond donors (Lipinski definition) is 1. The van der Waals surface area contributed by atoms with E-state index < -0.39 is 0 Å². The quantitative estimate of drug-likeness (QED) is 0.832. The molecule has 1 aliphatic carbocycles. The molecule has 0 bridgehead atoms. The smallest absolute Gasteiger partial charge is 0.223 e. The lowest BCUT2D eigenvalue weighted by Gasteiger charge is -2.19. The highest BCUT2D eigenvalue weighted by atomic mass is 16.1. The van der Waals surface area contributed by atoms with E-state index in [-0.39, 0.29) is 11.8 Å². The lowest BCUT2D eigenvalue weighted by atomic mass is 9.97. The SMILES string of the molecule is CCCC(CCC)C(=O)NC1Cc2ccccc2C1. The van der Waals surface area contributed by atoms with E-state index in [1.807, 2.05) is 0 Å². The summed E-state index contributed by atoms with van der Waals surface area (Å²) in [5, 5.41) is 3.26. The molecule has 1 N–H and O–H groups in total. The summed E-state index contributed by atoms with van der Waals surface area (Å²) in [6, 6.07) is 8.83. The molecule has 0 saturated carbocycles. The molecule has 0 aromatic heterocycles. The van der Waals surface area contributed by atoms with Crippen LogP contribution in [0.15, 0.2) is 24.3 Å². The molecule has 0 spiro atoms. The minimum absolute atomic E-state index is 0.207. The first-order valence-corrected chi connectivity index (χ1v) is 7.61. The second-order valence-corrected chi connectivity index (χ2v) is 5.66. The fourth-order valence-corrected chi connectivity index (χ4v) is 3.08. The first-order chi connectivity index (χ1) is 9.24. The average molecular weight is 259 g/mol. The predicted octanol–water partition coefficient (Wildman–Crippen LogP) is 3.49. The Morgan fingerprint density at radius 2 is 1.68 bits per heavy atom. The van der Waals surface area contributed by atoms with Crippen LogP contribution in [0, 0.1) is 5.92 Å². The molecule has 0 aliphatic heterocycles. The zero-order valence-electron chi connectivity index (χ0n) is 12.1. The number of nitrogens with one attached hydrogen (secondary N) is 1. The average Bonchev–Trinajstić information content (AvgIpc) is 2.80. The van der Waals surface area contributed by atoms with Crippen molar-refractivity contribution in [2.45, 2.75) is 58.4 Å². The van der Waals surface area contributed by atoms with Crippen molar-refractivity contribution in [2.24, 2.45) is 5.92 Å². The highest BCUT2D eigenvalue weighted by Crippen LogP contribution is 2.22. The largest absolute Gasteiger partial charge is 0.352 e. The Kier molecular flexibility index (Phi) is 5.00. The van der Waals surface area contributed by atoms with E-state index in [2.05, 4.69) is 43.4 Å². The van der Waals surface area contributed by atoms with Gasteiger partial charge >= 0.3 is 0 Å². The van der Waals surface area contributed by atoms with Gasteiger partial charge in [0.15, 0.2) is 0 Å². The van der Waals surface area contributed by atoms with E-state index >= 15 is 0 Å². The van der Waals surface area contributed by atoms with Gasteiger partial charge in [-0.15, -0.1) is 0 Å². The van der Waals surface area contributed by atoms with Gasteiger partial charge in [0.05, 0.1) is 0 Å². The maximum absolute atomic E-state index is 12.3. The second kappa shape index (κ2) is 6.74. The van der Waals surface area contributed by atoms with Gasteiger partial charge in [-0.05, 0) is 36.8 Å². The van der Waals surface area contributed by atoms with Crippen molar-refractivity contribution in [2.75, 3.05) is 0 Å². The van der Waals surface area contributed by atoms with Crippen LogP contribution >= 0.6 is 0 Å². The molecule has 0 heterocycles. The topological polar surface area (TPSA) is 29.1 Å². The van der Waals surface area contributed by atoms with Crippen LogP contribution < -0.4 is 5.32 Å². The molecule has 1 aromatic carbocycles. The van der Waals surface area contributed by atoms with Gasteiger partial charge < -0.3 is 5.32 Å². The maximum Gasteiger partial charge on any atom is 0.223 e. The Bertz CT molecular complexity index is 396. The normalized spacial score (nSPS) is 14.7. The number of benzene rings is 1. The fourth-order valence-electron chi connectivity index (χ4n) is 3.08. The van der Waals surface area contributed by atoms with Gasteiger partial charge in [-0.1, -0.05) is 51.0 Å². The number of fused-ring (bicyclic) bond motifs is 1. The van der Waals surface area contributed by atoms with Crippen molar-refractivity contribution in [1.29, 1.82) is 0 Å². The summed E-state index contributed by atoms with van der Waals surface area (Å²) in [5.74, 6) is 0.472. The standard InChI is InChI=1S/C17H25NO/c1-3-7-13(8-4-2)17(19)18-16-11-14-9-5-6-10-15(14)12-16/h5-6,9-10,13,16H,3-4,7-8,11-12H2,1-2H3,(H,18,19). The third-order valence-electron chi connectivity index (χ3n) is 4.04. The Hall–Kier alpha value is -1.31. The summed E-state index contributed by atoms with van der Waals surface area (Å²) in [4.78, 5) is 12.3.